The predicted octanol–water partition coefficient (Wildman–Crippen LogP) is 1.86. The molecule has 2 atom stereocenters. The van der Waals surface area contributed by atoms with Crippen LogP contribution in [0.1, 0.15) is 42.5 Å². The van der Waals surface area contributed by atoms with Crippen molar-refractivity contribution in [1.29, 1.82) is 0 Å². The number of piperidine rings is 1. The van der Waals surface area contributed by atoms with Crippen LogP contribution in [0.15, 0.2) is 24.3 Å². The number of aliphatic hydroxyl groups is 1. The van der Waals surface area contributed by atoms with Gasteiger partial charge in [-0.25, -0.2) is 0 Å². The van der Waals surface area contributed by atoms with Gasteiger partial charge < -0.3 is 19.8 Å². The molecule has 3 aliphatic rings. The summed E-state index contributed by atoms with van der Waals surface area (Å²) in [6.45, 7) is 4.54. The van der Waals surface area contributed by atoms with Crippen molar-refractivity contribution < 1.29 is 19.7 Å². The number of likely N-dealkylation sites (tertiary alicyclic amines) is 2. The molecule has 1 amide bonds. The molecule has 6 nitrogen and oxygen atoms in total. The van der Waals surface area contributed by atoms with E-state index in [1.807, 2.05) is 4.90 Å². The van der Waals surface area contributed by atoms with Gasteiger partial charge in [0, 0.05) is 31.2 Å². The number of aliphatic hydroxyl groups excluding tert-OH is 1. The molecule has 0 aromatic heterocycles. The third-order valence-corrected chi connectivity index (χ3v) is 6.66. The Morgan fingerprint density at radius 2 is 1.93 bits per heavy atom. The Hall–Kier alpha value is -1.63. The van der Waals surface area contributed by atoms with Gasteiger partial charge in [0.15, 0.2) is 0 Å². The summed E-state index contributed by atoms with van der Waals surface area (Å²) in [5.74, 6) is 0.225. The topological polar surface area (TPSA) is 73.2 Å². The lowest BCUT2D eigenvalue weighted by molar-refractivity contribution is 0.0401. The molecule has 1 aromatic rings. The second-order valence-corrected chi connectivity index (χ2v) is 8.45. The summed E-state index contributed by atoms with van der Waals surface area (Å²) in [6.07, 6.45) is 5.52. The van der Waals surface area contributed by atoms with Crippen molar-refractivity contribution in [2.24, 2.45) is 5.41 Å². The molecule has 3 saturated heterocycles. The number of aromatic hydroxyl groups is 1. The van der Waals surface area contributed by atoms with E-state index in [0.717, 1.165) is 64.9 Å². The molecule has 3 aliphatic heterocycles. The Balaban J connectivity index is 1.30. The lowest BCUT2D eigenvalue weighted by atomic mass is 9.76. The largest absolute Gasteiger partial charge is 0.508 e. The van der Waals surface area contributed by atoms with Crippen LogP contribution in [0.4, 0.5) is 0 Å². The molecule has 0 aliphatic carbocycles. The fourth-order valence-electron chi connectivity index (χ4n) is 4.94. The summed E-state index contributed by atoms with van der Waals surface area (Å²) in [4.78, 5) is 17.0. The van der Waals surface area contributed by atoms with E-state index < -0.39 is 0 Å². The Bertz CT molecular complexity index is 655. The fraction of sp³-hybridized carbons (Fsp3) is 0.667. The zero-order valence-electron chi connectivity index (χ0n) is 15.8. The Morgan fingerprint density at radius 1 is 1.19 bits per heavy atom. The van der Waals surface area contributed by atoms with Gasteiger partial charge in [-0.05, 0) is 68.3 Å². The van der Waals surface area contributed by atoms with Gasteiger partial charge in [-0.3, -0.25) is 9.69 Å². The molecule has 0 unspecified atom stereocenters. The summed E-state index contributed by atoms with van der Waals surface area (Å²) in [5.41, 5.74) is 0.832. The minimum Gasteiger partial charge on any atom is -0.508 e. The maximum absolute atomic E-state index is 12.7. The normalized spacial score (nSPS) is 28.1. The molecule has 148 valence electrons. The zero-order chi connectivity index (χ0) is 18.9. The van der Waals surface area contributed by atoms with Crippen molar-refractivity contribution in [2.75, 3.05) is 39.4 Å². The van der Waals surface area contributed by atoms with Crippen molar-refractivity contribution >= 4 is 5.91 Å². The molecule has 3 fully saturated rings. The lowest BCUT2D eigenvalue weighted by Crippen LogP contribution is -2.44. The molecule has 0 saturated carbocycles. The van der Waals surface area contributed by atoms with Gasteiger partial charge in [-0.2, -0.15) is 0 Å². The molecule has 2 N–H and O–H groups in total. The van der Waals surface area contributed by atoms with Crippen LogP contribution < -0.4 is 0 Å². The zero-order valence-corrected chi connectivity index (χ0v) is 15.8. The second kappa shape index (κ2) is 7.78. The van der Waals surface area contributed by atoms with Crippen LogP contribution in [0.5, 0.6) is 5.75 Å². The number of hydrogen-bond donors (Lipinski definition) is 2. The van der Waals surface area contributed by atoms with Crippen molar-refractivity contribution in [3.05, 3.63) is 29.8 Å². The van der Waals surface area contributed by atoms with Crippen LogP contribution in [0.3, 0.4) is 0 Å². The molecular weight excluding hydrogens is 344 g/mol. The van der Waals surface area contributed by atoms with E-state index in [1.54, 1.807) is 24.3 Å². The SMILES string of the molecule is O=C(c1ccc(O)cc1)N1CCC2(CC1)CO[C@H](CN1CCC[C@H]1CO)C2. The highest BCUT2D eigenvalue weighted by atomic mass is 16.5. The highest BCUT2D eigenvalue weighted by Gasteiger charge is 2.44. The first kappa shape index (κ1) is 18.7. The summed E-state index contributed by atoms with van der Waals surface area (Å²) in [7, 11) is 0. The fourth-order valence-corrected chi connectivity index (χ4v) is 4.94. The van der Waals surface area contributed by atoms with Gasteiger partial charge in [-0.1, -0.05) is 0 Å². The predicted molar refractivity (Wildman–Crippen MR) is 102 cm³/mol. The number of phenols is 1. The lowest BCUT2D eigenvalue weighted by Gasteiger charge is -2.38. The molecule has 27 heavy (non-hydrogen) atoms. The molecule has 0 bridgehead atoms. The van der Waals surface area contributed by atoms with E-state index in [9.17, 15) is 15.0 Å². The van der Waals surface area contributed by atoms with Gasteiger partial charge >= 0.3 is 0 Å². The van der Waals surface area contributed by atoms with Crippen LogP contribution in [0.25, 0.3) is 0 Å². The summed E-state index contributed by atoms with van der Waals surface area (Å²) < 4.78 is 6.14. The molecule has 1 aromatic carbocycles. The van der Waals surface area contributed by atoms with E-state index in [0.29, 0.717) is 11.6 Å². The second-order valence-electron chi connectivity index (χ2n) is 8.45. The summed E-state index contributed by atoms with van der Waals surface area (Å²) >= 11 is 0. The maximum Gasteiger partial charge on any atom is 0.253 e. The quantitative estimate of drug-likeness (QED) is 0.842. The first-order chi connectivity index (χ1) is 13.1. The van der Waals surface area contributed by atoms with Crippen LogP contribution >= 0.6 is 0 Å². The number of carbonyl (C=O) groups is 1. The Kier molecular flexibility index (Phi) is 5.39. The van der Waals surface area contributed by atoms with E-state index in [-0.39, 0.29) is 29.8 Å². The van der Waals surface area contributed by atoms with E-state index in [1.165, 1.54) is 0 Å². The van der Waals surface area contributed by atoms with Crippen molar-refractivity contribution in [3.8, 4) is 5.75 Å². The van der Waals surface area contributed by atoms with Crippen molar-refractivity contribution in [1.82, 2.24) is 9.80 Å². The van der Waals surface area contributed by atoms with Gasteiger partial charge in [0.05, 0.1) is 19.3 Å². The number of phenolic OH excluding ortho intramolecular Hbond substituents is 1. The molecule has 1 spiro atoms. The van der Waals surface area contributed by atoms with E-state index >= 15 is 0 Å². The van der Waals surface area contributed by atoms with Gasteiger partial charge in [0.2, 0.25) is 0 Å². The highest BCUT2D eigenvalue weighted by molar-refractivity contribution is 5.94. The molecule has 6 heteroatoms. The van der Waals surface area contributed by atoms with Crippen LogP contribution in [0, 0.1) is 5.41 Å². The minimum absolute atomic E-state index is 0.0446. The molecule has 0 radical (unpaired) electrons. The highest BCUT2D eigenvalue weighted by Crippen LogP contribution is 2.42. The Morgan fingerprint density at radius 3 is 2.63 bits per heavy atom. The summed E-state index contributed by atoms with van der Waals surface area (Å²) in [5, 5.41) is 18.9. The first-order valence-corrected chi connectivity index (χ1v) is 10.1. The number of ether oxygens (including phenoxy) is 1. The average Bonchev–Trinajstić information content (AvgIpc) is 3.30. The van der Waals surface area contributed by atoms with Crippen molar-refractivity contribution in [3.63, 3.8) is 0 Å². The Labute approximate surface area is 160 Å². The minimum atomic E-state index is 0.0446. The first-order valence-electron chi connectivity index (χ1n) is 10.1. The number of amides is 1. The van der Waals surface area contributed by atoms with Crippen LogP contribution in [-0.4, -0.2) is 77.5 Å². The number of carbonyl (C=O) groups excluding carboxylic acids is 1. The number of benzene rings is 1. The monoisotopic (exact) mass is 374 g/mol. The van der Waals surface area contributed by atoms with E-state index in [4.69, 9.17) is 4.74 Å². The van der Waals surface area contributed by atoms with Gasteiger partial charge in [-0.15, -0.1) is 0 Å². The van der Waals surface area contributed by atoms with Crippen LogP contribution in [-0.2, 0) is 4.74 Å². The molecule has 3 heterocycles. The third-order valence-electron chi connectivity index (χ3n) is 6.66. The standard InChI is InChI=1S/C21H30N2O4/c24-14-17-2-1-9-23(17)13-19-12-21(15-27-19)7-10-22(11-8-21)20(26)16-3-5-18(25)6-4-16/h3-6,17,19,24-25H,1-2,7-15H2/t17-,19-/m0/s1. The third kappa shape index (κ3) is 3.98. The summed E-state index contributed by atoms with van der Waals surface area (Å²) in [6, 6.07) is 6.79. The van der Waals surface area contributed by atoms with Gasteiger partial charge in [0.1, 0.15) is 5.75 Å². The van der Waals surface area contributed by atoms with Crippen LogP contribution in [0.2, 0.25) is 0 Å². The average molecular weight is 374 g/mol. The van der Waals surface area contributed by atoms with Gasteiger partial charge in [0.25, 0.3) is 5.91 Å². The number of rotatable bonds is 4. The number of nitrogens with zero attached hydrogens (tertiary/aromatic N) is 2. The molecular formula is C21H30N2O4. The molecule has 4 rings (SSSR count). The number of hydrogen-bond acceptors (Lipinski definition) is 5. The van der Waals surface area contributed by atoms with Crippen molar-refractivity contribution in [2.45, 2.75) is 44.2 Å². The smallest absolute Gasteiger partial charge is 0.253 e. The van der Waals surface area contributed by atoms with E-state index in [2.05, 4.69) is 4.90 Å². The maximum atomic E-state index is 12.7.